The molecule has 1 aromatic rings. The van der Waals surface area contributed by atoms with E-state index in [9.17, 15) is 0 Å². The summed E-state index contributed by atoms with van der Waals surface area (Å²) in [6.07, 6.45) is 9.58. The van der Waals surface area contributed by atoms with Crippen LogP contribution in [0.5, 0.6) is 0 Å². The van der Waals surface area contributed by atoms with Gasteiger partial charge < -0.3 is 10.2 Å². The normalized spacial score (nSPS) is 19.6. The molecule has 1 atom stereocenters. The molecule has 1 saturated carbocycles. The van der Waals surface area contributed by atoms with E-state index in [0.29, 0.717) is 0 Å². The van der Waals surface area contributed by atoms with Crippen LogP contribution in [-0.4, -0.2) is 0 Å². The fourth-order valence-corrected chi connectivity index (χ4v) is 2.91. The zero-order valence-electron chi connectivity index (χ0n) is 8.92. The zero-order chi connectivity index (χ0) is 10.7. The van der Waals surface area contributed by atoms with Gasteiger partial charge in [-0.25, -0.2) is 0 Å². The summed E-state index contributed by atoms with van der Waals surface area (Å²) in [5, 5.41) is 0. The molecule has 0 radical (unpaired) electrons. The van der Waals surface area contributed by atoms with Crippen molar-refractivity contribution < 1.29 is 4.42 Å². The first kappa shape index (κ1) is 11.2. The monoisotopic (exact) mass is 271 g/mol. The van der Waals surface area contributed by atoms with Crippen molar-refractivity contribution in [3.63, 3.8) is 0 Å². The van der Waals surface area contributed by atoms with Crippen LogP contribution in [0.15, 0.2) is 21.2 Å². The van der Waals surface area contributed by atoms with Gasteiger partial charge in [-0.1, -0.05) is 25.7 Å². The molecule has 15 heavy (non-hydrogen) atoms. The molecule has 2 nitrogen and oxygen atoms in total. The minimum absolute atomic E-state index is 0.0509. The van der Waals surface area contributed by atoms with Crippen molar-refractivity contribution in [3.8, 4) is 0 Å². The maximum atomic E-state index is 6.09. The lowest BCUT2D eigenvalue weighted by atomic mass is 9.98. The molecule has 0 aromatic carbocycles. The molecule has 0 aliphatic heterocycles. The number of nitrogens with two attached hydrogens (primary N) is 1. The second-order valence-corrected chi connectivity index (χ2v) is 5.32. The molecule has 2 rings (SSSR count). The smallest absolute Gasteiger partial charge is 0.134 e. The molecular formula is C12H18BrNO. The Hall–Kier alpha value is -0.280. The number of halogens is 1. The maximum absolute atomic E-state index is 6.09. The number of furan rings is 1. The molecule has 0 bridgehead atoms. The number of hydrogen-bond acceptors (Lipinski definition) is 2. The van der Waals surface area contributed by atoms with Gasteiger partial charge in [0.1, 0.15) is 5.76 Å². The van der Waals surface area contributed by atoms with E-state index in [1.807, 2.05) is 6.07 Å². The summed E-state index contributed by atoms with van der Waals surface area (Å²) in [4.78, 5) is 0. The predicted octanol–water partition coefficient (Wildman–Crippen LogP) is 4.01. The molecule has 1 unspecified atom stereocenters. The molecule has 0 spiro atoms. The van der Waals surface area contributed by atoms with Crippen LogP contribution in [0.1, 0.15) is 50.3 Å². The van der Waals surface area contributed by atoms with Crippen LogP contribution in [0.25, 0.3) is 0 Å². The van der Waals surface area contributed by atoms with Crippen LogP contribution in [-0.2, 0) is 0 Å². The van der Waals surface area contributed by atoms with E-state index in [1.54, 1.807) is 6.26 Å². The highest BCUT2D eigenvalue weighted by Crippen LogP contribution is 2.32. The summed E-state index contributed by atoms with van der Waals surface area (Å²) in [6.45, 7) is 0. The quantitative estimate of drug-likeness (QED) is 0.899. The number of hydrogen-bond donors (Lipinski definition) is 1. The first-order valence-electron chi connectivity index (χ1n) is 5.76. The molecule has 0 saturated heterocycles. The molecule has 1 heterocycles. The molecule has 1 fully saturated rings. The van der Waals surface area contributed by atoms with Crippen molar-refractivity contribution >= 4 is 15.9 Å². The minimum Gasteiger partial charge on any atom is -0.466 e. The predicted molar refractivity (Wildman–Crippen MR) is 64.5 cm³/mol. The van der Waals surface area contributed by atoms with Crippen molar-refractivity contribution in [2.75, 3.05) is 0 Å². The van der Waals surface area contributed by atoms with Gasteiger partial charge >= 0.3 is 0 Å². The Kier molecular flexibility index (Phi) is 3.87. The van der Waals surface area contributed by atoms with Crippen molar-refractivity contribution in [2.45, 2.75) is 44.6 Å². The topological polar surface area (TPSA) is 39.2 Å². The fourth-order valence-electron chi connectivity index (χ4n) is 2.42. The average Bonchev–Trinajstić information content (AvgIpc) is 2.84. The van der Waals surface area contributed by atoms with Gasteiger partial charge in [0, 0.05) is 0 Å². The van der Waals surface area contributed by atoms with E-state index in [-0.39, 0.29) is 6.04 Å². The number of rotatable bonds is 4. The third kappa shape index (κ3) is 2.85. The lowest BCUT2D eigenvalue weighted by molar-refractivity contribution is 0.403. The average molecular weight is 272 g/mol. The first-order valence-corrected chi connectivity index (χ1v) is 6.55. The van der Waals surface area contributed by atoms with Crippen LogP contribution in [0.2, 0.25) is 0 Å². The van der Waals surface area contributed by atoms with Crippen molar-refractivity contribution in [1.29, 1.82) is 0 Å². The molecule has 84 valence electrons. The van der Waals surface area contributed by atoms with Crippen LogP contribution in [0.4, 0.5) is 0 Å². The van der Waals surface area contributed by atoms with E-state index in [0.717, 1.165) is 22.6 Å². The van der Waals surface area contributed by atoms with Crippen molar-refractivity contribution in [1.82, 2.24) is 0 Å². The molecule has 1 aliphatic carbocycles. The molecular weight excluding hydrogens is 254 g/mol. The van der Waals surface area contributed by atoms with Crippen LogP contribution >= 0.6 is 15.9 Å². The fraction of sp³-hybridized carbons (Fsp3) is 0.667. The highest BCUT2D eigenvalue weighted by molar-refractivity contribution is 9.10. The first-order chi connectivity index (χ1) is 7.27. The Morgan fingerprint density at radius 2 is 2.20 bits per heavy atom. The lowest BCUT2D eigenvalue weighted by Crippen LogP contribution is -2.11. The standard InChI is InChI=1S/C12H18BrNO/c13-10-7-8-15-12(10)11(14)6-5-9-3-1-2-4-9/h7-9,11H,1-6,14H2. The van der Waals surface area contributed by atoms with E-state index < -0.39 is 0 Å². The van der Waals surface area contributed by atoms with Gasteiger partial charge in [-0.2, -0.15) is 0 Å². The Morgan fingerprint density at radius 1 is 1.47 bits per heavy atom. The van der Waals surface area contributed by atoms with E-state index >= 15 is 0 Å². The summed E-state index contributed by atoms with van der Waals surface area (Å²) in [5.74, 6) is 1.80. The van der Waals surface area contributed by atoms with Gasteiger partial charge in [0.2, 0.25) is 0 Å². The Morgan fingerprint density at radius 3 is 2.80 bits per heavy atom. The minimum atomic E-state index is 0.0509. The highest BCUT2D eigenvalue weighted by Gasteiger charge is 2.18. The summed E-state index contributed by atoms with van der Waals surface area (Å²) in [7, 11) is 0. The van der Waals surface area contributed by atoms with E-state index in [4.69, 9.17) is 10.2 Å². The van der Waals surface area contributed by atoms with Gasteiger partial charge in [0.05, 0.1) is 16.8 Å². The van der Waals surface area contributed by atoms with Crippen molar-refractivity contribution in [3.05, 3.63) is 22.6 Å². The third-order valence-corrected chi connectivity index (χ3v) is 4.00. The van der Waals surface area contributed by atoms with E-state index in [2.05, 4.69) is 15.9 Å². The molecule has 0 amide bonds. The largest absolute Gasteiger partial charge is 0.466 e. The van der Waals surface area contributed by atoms with Crippen LogP contribution in [0.3, 0.4) is 0 Å². The van der Waals surface area contributed by atoms with Crippen molar-refractivity contribution in [2.24, 2.45) is 11.7 Å². The summed E-state index contributed by atoms with van der Waals surface area (Å²) in [6, 6.07) is 1.96. The summed E-state index contributed by atoms with van der Waals surface area (Å²) >= 11 is 3.45. The van der Waals surface area contributed by atoms with Gasteiger partial charge in [0.25, 0.3) is 0 Å². The van der Waals surface area contributed by atoms with Gasteiger partial charge in [-0.15, -0.1) is 0 Å². The lowest BCUT2D eigenvalue weighted by Gasteiger charge is -2.13. The zero-order valence-corrected chi connectivity index (χ0v) is 10.5. The highest BCUT2D eigenvalue weighted by atomic mass is 79.9. The maximum Gasteiger partial charge on any atom is 0.134 e. The Balaban J connectivity index is 1.81. The molecule has 3 heteroatoms. The van der Waals surface area contributed by atoms with Crippen LogP contribution in [0, 0.1) is 5.92 Å². The SMILES string of the molecule is NC(CCC1CCCC1)c1occc1Br. The Bertz CT molecular complexity index is 304. The second-order valence-electron chi connectivity index (χ2n) is 4.47. The van der Waals surface area contributed by atoms with Crippen LogP contribution < -0.4 is 5.73 Å². The Labute approximate surface area is 99.3 Å². The van der Waals surface area contributed by atoms with Gasteiger partial charge in [0.15, 0.2) is 0 Å². The molecule has 2 N–H and O–H groups in total. The van der Waals surface area contributed by atoms with E-state index in [1.165, 1.54) is 32.1 Å². The van der Waals surface area contributed by atoms with Gasteiger partial charge in [-0.05, 0) is 40.8 Å². The van der Waals surface area contributed by atoms with Gasteiger partial charge in [-0.3, -0.25) is 0 Å². The summed E-state index contributed by atoms with van der Waals surface area (Å²) < 4.78 is 6.37. The molecule has 1 aliphatic rings. The third-order valence-electron chi connectivity index (χ3n) is 3.34. The summed E-state index contributed by atoms with van der Waals surface area (Å²) in [5.41, 5.74) is 6.09. The molecule has 1 aromatic heterocycles. The second kappa shape index (κ2) is 5.17.